The third kappa shape index (κ3) is 5.15. The molecule has 1 aliphatic carbocycles. The highest BCUT2D eigenvalue weighted by Crippen LogP contribution is 2.28. The molecule has 1 aliphatic rings. The number of benzene rings is 1. The van der Waals surface area contributed by atoms with Crippen molar-refractivity contribution in [3.05, 3.63) is 33.8 Å². The molecular formula is C17H23Cl2N3O3. The molecule has 1 aromatic rings. The number of aliphatic hydroxyl groups excluding tert-OH is 1. The van der Waals surface area contributed by atoms with Crippen LogP contribution in [0, 0.1) is 5.92 Å². The molecule has 1 saturated carbocycles. The fraction of sp³-hybridized carbons (Fsp3) is 0.529. The first-order chi connectivity index (χ1) is 11.8. The van der Waals surface area contributed by atoms with Crippen LogP contribution in [0.1, 0.15) is 48.9 Å². The predicted octanol–water partition coefficient (Wildman–Crippen LogP) is 2.49. The van der Waals surface area contributed by atoms with Gasteiger partial charge in [-0.3, -0.25) is 9.59 Å². The van der Waals surface area contributed by atoms with Gasteiger partial charge >= 0.3 is 0 Å². The summed E-state index contributed by atoms with van der Waals surface area (Å²) in [4.78, 5) is 24.7. The number of halogens is 2. The molecular weight excluding hydrogens is 365 g/mol. The van der Waals surface area contributed by atoms with Gasteiger partial charge in [0.25, 0.3) is 11.8 Å². The summed E-state index contributed by atoms with van der Waals surface area (Å²) in [5, 5.41) is 10.9. The van der Waals surface area contributed by atoms with Gasteiger partial charge in [0, 0.05) is 11.1 Å². The molecule has 138 valence electrons. The standard InChI is InChI=1S/C17H23Cl2N3O3/c18-11-6-7-13(19)12(9-11)16(24)22(21)17(25)15(23)14(20)8-10-4-2-1-3-5-10/h6-7,9-10,14-15,23H,1-5,8,20-21H2/t14-,15?/m1/s1. The smallest absolute Gasteiger partial charge is 0.276 e. The second-order valence-corrected chi connectivity index (χ2v) is 7.33. The van der Waals surface area contributed by atoms with Crippen LogP contribution in [-0.2, 0) is 4.79 Å². The number of carbonyl (C=O) groups excluding carboxylic acids is 2. The van der Waals surface area contributed by atoms with Crippen LogP contribution in [0.3, 0.4) is 0 Å². The van der Waals surface area contributed by atoms with E-state index in [4.69, 9.17) is 34.8 Å². The lowest BCUT2D eigenvalue weighted by Gasteiger charge is -2.28. The summed E-state index contributed by atoms with van der Waals surface area (Å²) in [6, 6.07) is 3.48. The van der Waals surface area contributed by atoms with Crippen LogP contribution in [0.5, 0.6) is 0 Å². The molecule has 25 heavy (non-hydrogen) atoms. The van der Waals surface area contributed by atoms with Crippen LogP contribution < -0.4 is 11.6 Å². The molecule has 8 heteroatoms. The number of hydrogen-bond acceptors (Lipinski definition) is 5. The van der Waals surface area contributed by atoms with Gasteiger partial charge in [-0.15, -0.1) is 0 Å². The van der Waals surface area contributed by atoms with Crippen molar-refractivity contribution in [2.24, 2.45) is 17.5 Å². The van der Waals surface area contributed by atoms with Crippen molar-refractivity contribution in [3.63, 3.8) is 0 Å². The second-order valence-electron chi connectivity index (χ2n) is 6.49. The number of aliphatic hydroxyl groups is 1. The number of hydrogen-bond donors (Lipinski definition) is 3. The molecule has 6 nitrogen and oxygen atoms in total. The number of amides is 2. The average Bonchev–Trinajstić information content (AvgIpc) is 2.62. The van der Waals surface area contributed by atoms with Gasteiger partial charge in [0.1, 0.15) is 6.10 Å². The molecule has 2 atom stereocenters. The average molecular weight is 388 g/mol. The van der Waals surface area contributed by atoms with Crippen LogP contribution in [0.4, 0.5) is 0 Å². The zero-order valence-electron chi connectivity index (χ0n) is 13.8. The Morgan fingerprint density at radius 2 is 1.88 bits per heavy atom. The Kier molecular flexibility index (Phi) is 7.22. The summed E-state index contributed by atoms with van der Waals surface area (Å²) in [6.07, 6.45) is 4.53. The van der Waals surface area contributed by atoms with Gasteiger partial charge in [0.15, 0.2) is 0 Å². The number of hydrazine groups is 1. The summed E-state index contributed by atoms with van der Waals surface area (Å²) >= 11 is 11.8. The van der Waals surface area contributed by atoms with Gasteiger partial charge in [0.05, 0.1) is 10.6 Å². The molecule has 2 amide bonds. The second kappa shape index (κ2) is 8.96. The van der Waals surface area contributed by atoms with Crippen molar-refractivity contribution < 1.29 is 14.7 Å². The van der Waals surface area contributed by atoms with Gasteiger partial charge in [-0.25, -0.2) is 10.9 Å². The first-order valence-electron chi connectivity index (χ1n) is 8.33. The summed E-state index contributed by atoms with van der Waals surface area (Å²) in [5.41, 5.74) is 5.95. The minimum absolute atomic E-state index is 0.0157. The fourth-order valence-corrected chi connectivity index (χ4v) is 3.52. The minimum Gasteiger partial charge on any atom is -0.382 e. The van der Waals surface area contributed by atoms with Crippen molar-refractivity contribution in [2.45, 2.75) is 50.7 Å². The molecule has 0 saturated heterocycles. The van der Waals surface area contributed by atoms with Gasteiger partial charge in [-0.1, -0.05) is 55.3 Å². The lowest BCUT2D eigenvalue weighted by Crippen LogP contribution is -2.53. The summed E-state index contributed by atoms with van der Waals surface area (Å²) in [5.74, 6) is 4.19. The van der Waals surface area contributed by atoms with Crippen LogP contribution in [0.15, 0.2) is 18.2 Å². The van der Waals surface area contributed by atoms with Crippen molar-refractivity contribution in [3.8, 4) is 0 Å². The van der Waals surface area contributed by atoms with Gasteiger partial charge < -0.3 is 10.8 Å². The largest absolute Gasteiger partial charge is 0.382 e. The van der Waals surface area contributed by atoms with Crippen molar-refractivity contribution in [1.29, 1.82) is 0 Å². The monoisotopic (exact) mass is 387 g/mol. The Hall–Kier alpha value is -1.18. The maximum Gasteiger partial charge on any atom is 0.276 e. The SMILES string of the molecule is N[C@H](CC1CCCCC1)C(O)C(=O)N(N)C(=O)c1cc(Cl)ccc1Cl. The van der Waals surface area contributed by atoms with Crippen molar-refractivity contribution in [2.75, 3.05) is 0 Å². The van der Waals surface area contributed by atoms with Gasteiger partial charge in [-0.05, 0) is 30.5 Å². The van der Waals surface area contributed by atoms with E-state index >= 15 is 0 Å². The zero-order valence-corrected chi connectivity index (χ0v) is 15.3. The molecule has 0 spiro atoms. The van der Waals surface area contributed by atoms with E-state index < -0.39 is 24.0 Å². The molecule has 0 radical (unpaired) electrons. The first kappa shape index (κ1) is 20.1. The highest BCUT2D eigenvalue weighted by Gasteiger charge is 2.32. The van der Waals surface area contributed by atoms with E-state index in [-0.39, 0.29) is 15.6 Å². The third-order valence-corrected chi connectivity index (χ3v) is 5.17. The Balaban J connectivity index is 2.02. The topological polar surface area (TPSA) is 110 Å². The summed E-state index contributed by atoms with van der Waals surface area (Å²) in [6.45, 7) is 0. The number of nitrogens with zero attached hydrogens (tertiary/aromatic N) is 1. The Morgan fingerprint density at radius 3 is 2.52 bits per heavy atom. The summed E-state index contributed by atoms with van der Waals surface area (Å²) in [7, 11) is 0. The molecule has 2 rings (SSSR count). The third-order valence-electron chi connectivity index (χ3n) is 4.60. The minimum atomic E-state index is -1.55. The molecule has 1 unspecified atom stereocenters. The number of rotatable bonds is 5. The Bertz CT molecular complexity index is 636. The lowest BCUT2D eigenvalue weighted by molar-refractivity contribution is -0.138. The van der Waals surface area contributed by atoms with Crippen molar-refractivity contribution in [1.82, 2.24) is 5.01 Å². The van der Waals surface area contributed by atoms with E-state index in [0.717, 1.165) is 25.7 Å². The normalized spacial score (nSPS) is 17.8. The van der Waals surface area contributed by atoms with E-state index in [2.05, 4.69) is 0 Å². The van der Waals surface area contributed by atoms with E-state index in [1.165, 1.54) is 24.6 Å². The van der Waals surface area contributed by atoms with Crippen LogP contribution in [-0.4, -0.2) is 34.1 Å². The number of imide groups is 1. The molecule has 0 aliphatic heterocycles. The van der Waals surface area contributed by atoms with Crippen molar-refractivity contribution >= 4 is 35.0 Å². The van der Waals surface area contributed by atoms with E-state index in [1.807, 2.05) is 0 Å². The zero-order chi connectivity index (χ0) is 18.6. The Labute approximate surface area is 157 Å². The van der Waals surface area contributed by atoms with E-state index in [9.17, 15) is 14.7 Å². The maximum absolute atomic E-state index is 12.4. The van der Waals surface area contributed by atoms with E-state index in [0.29, 0.717) is 17.3 Å². The molecule has 0 heterocycles. The highest BCUT2D eigenvalue weighted by molar-refractivity contribution is 6.36. The summed E-state index contributed by atoms with van der Waals surface area (Å²) < 4.78 is 0. The quantitative estimate of drug-likeness (QED) is 0.408. The molecule has 0 bridgehead atoms. The number of nitrogens with two attached hydrogens (primary N) is 2. The van der Waals surface area contributed by atoms with Gasteiger partial charge in [0.2, 0.25) is 0 Å². The van der Waals surface area contributed by atoms with Gasteiger partial charge in [-0.2, -0.15) is 0 Å². The first-order valence-corrected chi connectivity index (χ1v) is 9.08. The maximum atomic E-state index is 12.4. The van der Waals surface area contributed by atoms with Crippen LogP contribution in [0.2, 0.25) is 10.0 Å². The van der Waals surface area contributed by atoms with E-state index in [1.54, 1.807) is 0 Å². The van der Waals surface area contributed by atoms with Crippen LogP contribution >= 0.6 is 23.2 Å². The molecule has 5 N–H and O–H groups in total. The highest BCUT2D eigenvalue weighted by atomic mass is 35.5. The molecule has 0 aromatic heterocycles. The lowest BCUT2D eigenvalue weighted by atomic mass is 9.84. The van der Waals surface area contributed by atoms with Crippen LogP contribution in [0.25, 0.3) is 0 Å². The predicted molar refractivity (Wildman–Crippen MR) is 97.0 cm³/mol. The molecule has 1 aromatic carbocycles. The number of carbonyl (C=O) groups is 2. The Morgan fingerprint density at radius 1 is 1.24 bits per heavy atom. The molecule has 1 fully saturated rings. The fourth-order valence-electron chi connectivity index (χ4n) is 3.15.